The van der Waals surface area contributed by atoms with Crippen molar-refractivity contribution in [2.24, 2.45) is 0 Å². The van der Waals surface area contributed by atoms with Crippen LogP contribution >= 0.6 is 0 Å². The van der Waals surface area contributed by atoms with Crippen LogP contribution in [0.2, 0.25) is 0 Å². The Morgan fingerprint density at radius 2 is 1.29 bits per heavy atom. The summed E-state index contributed by atoms with van der Waals surface area (Å²) in [5.41, 5.74) is -2.97. The van der Waals surface area contributed by atoms with Crippen molar-refractivity contribution >= 4 is 17.9 Å². The molecule has 0 saturated heterocycles. The zero-order valence-electron chi connectivity index (χ0n) is 6.60. The molecule has 0 bridgehead atoms. The number of hydrogen-bond donors (Lipinski definition) is 1. The maximum Gasteiger partial charge on any atom is 3.00 e. The van der Waals surface area contributed by atoms with E-state index in [9.17, 15) is 29.7 Å². The van der Waals surface area contributed by atoms with Crippen LogP contribution in [0.15, 0.2) is 0 Å². The van der Waals surface area contributed by atoms with E-state index in [0.29, 0.717) is 0 Å². The first kappa shape index (κ1) is 16.1. The second-order valence-corrected chi connectivity index (χ2v) is 2.42. The van der Waals surface area contributed by atoms with Crippen LogP contribution in [-0.4, -0.2) is 28.6 Å². The zero-order valence-corrected chi connectivity index (χ0v) is 8.45. The van der Waals surface area contributed by atoms with Crippen LogP contribution < -0.4 is 15.3 Å². The van der Waals surface area contributed by atoms with Gasteiger partial charge in [0.15, 0.2) is 0 Å². The molecule has 0 aliphatic rings. The van der Waals surface area contributed by atoms with Gasteiger partial charge in [0.25, 0.3) is 0 Å². The summed E-state index contributed by atoms with van der Waals surface area (Å²) in [4.78, 5) is 30.0. The molecule has 0 spiro atoms. The Hall–Kier alpha value is -0.383. The number of aliphatic hydroxyl groups is 1. The first-order chi connectivity index (χ1) is 5.78. The van der Waals surface area contributed by atoms with E-state index in [1.807, 2.05) is 0 Å². The summed E-state index contributed by atoms with van der Waals surface area (Å²) >= 11 is 0. The molecule has 0 unspecified atom stereocenters. The Morgan fingerprint density at radius 1 is 1.00 bits per heavy atom. The molecule has 1 N–H and O–H groups in total. The predicted octanol–water partition coefficient (Wildman–Crippen LogP) is -5.25. The zero-order chi connectivity index (χ0) is 10.6. The average molecular weight is 356 g/mol. The van der Waals surface area contributed by atoms with Gasteiger partial charge >= 0.3 is 37.3 Å². The maximum absolute atomic E-state index is 10.1. The van der Waals surface area contributed by atoms with E-state index in [2.05, 4.69) is 0 Å². The fraction of sp³-hybridized carbons (Fsp3) is 0.500. The molecule has 0 atom stereocenters. The minimum Gasteiger partial charge on any atom is -0.550 e. The molecule has 0 fully saturated rings. The van der Waals surface area contributed by atoms with E-state index in [0.717, 1.165) is 0 Å². The monoisotopic (exact) mass is 355 g/mol. The first-order valence-corrected chi connectivity index (χ1v) is 3.11. The van der Waals surface area contributed by atoms with E-state index >= 15 is 0 Å². The minimum atomic E-state index is -2.97. The van der Waals surface area contributed by atoms with Gasteiger partial charge in [0.1, 0.15) is 5.60 Å². The molecule has 0 amide bonds. The third-order valence-electron chi connectivity index (χ3n) is 1.25. The van der Waals surface area contributed by atoms with Crippen molar-refractivity contribution in [2.45, 2.75) is 18.4 Å². The average Bonchev–Trinajstić information content (AvgIpc) is 1.82. The fourth-order valence-electron chi connectivity index (χ4n) is 0.684. The first-order valence-electron chi connectivity index (χ1n) is 3.11. The van der Waals surface area contributed by atoms with Gasteiger partial charge in [0, 0.05) is 24.8 Å². The molecule has 0 rings (SSSR count). The molecule has 0 heterocycles. The van der Waals surface area contributed by atoms with Crippen molar-refractivity contribution in [2.75, 3.05) is 0 Å². The SMILES string of the molecule is O=C([O-])CC(O)(CC(=O)[O-])C(=O)[O-].[Er+3]. The fourth-order valence-corrected chi connectivity index (χ4v) is 0.684. The van der Waals surface area contributed by atoms with Crippen LogP contribution in [0.1, 0.15) is 12.8 Å². The summed E-state index contributed by atoms with van der Waals surface area (Å²) in [7, 11) is 0. The molecule has 0 aromatic carbocycles. The second kappa shape index (κ2) is 6.17. The van der Waals surface area contributed by atoms with Gasteiger partial charge in [-0.3, -0.25) is 0 Å². The molecule has 0 saturated carbocycles. The van der Waals surface area contributed by atoms with E-state index < -0.39 is 36.4 Å². The number of rotatable bonds is 5. The molecule has 0 aliphatic carbocycles. The van der Waals surface area contributed by atoms with Crippen LogP contribution in [0.25, 0.3) is 0 Å². The van der Waals surface area contributed by atoms with Crippen molar-refractivity contribution in [1.82, 2.24) is 0 Å². The van der Waals surface area contributed by atoms with E-state index in [1.165, 1.54) is 0 Å². The van der Waals surface area contributed by atoms with E-state index in [-0.39, 0.29) is 37.3 Å². The van der Waals surface area contributed by atoms with Gasteiger partial charge in [-0.1, -0.05) is 0 Å². The van der Waals surface area contributed by atoms with Crippen molar-refractivity contribution < 1.29 is 72.1 Å². The summed E-state index contributed by atoms with van der Waals surface area (Å²) in [6.07, 6.45) is -2.72. The van der Waals surface area contributed by atoms with E-state index in [4.69, 9.17) is 5.11 Å². The smallest absolute Gasteiger partial charge is 0.550 e. The molecule has 0 aliphatic heterocycles. The Labute approximate surface area is 108 Å². The largest absolute Gasteiger partial charge is 3.00 e. The molecule has 14 heavy (non-hydrogen) atoms. The summed E-state index contributed by atoms with van der Waals surface area (Å²) in [5.74, 6) is -5.98. The Kier molecular flexibility index (Phi) is 7.07. The Morgan fingerprint density at radius 3 is 1.43 bits per heavy atom. The van der Waals surface area contributed by atoms with Crippen LogP contribution in [-0.2, 0) is 14.4 Å². The van der Waals surface area contributed by atoms with Crippen LogP contribution in [0.3, 0.4) is 0 Å². The molecule has 0 aromatic heterocycles. The summed E-state index contributed by atoms with van der Waals surface area (Å²) in [6.45, 7) is 0. The molecule has 8 heteroatoms. The molecular formula is C6H5ErO7. The van der Waals surface area contributed by atoms with Gasteiger partial charge in [-0.15, -0.1) is 0 Å². The van der Waals surface area contributed by atoms with Gasteiger partial charge < -0.3 is 34.8 Å². The quantitative estimate of drug-likeness (QED) is 0.519. The van der Waals surface area contributed by atoms with Gasteiger partial charge in [0.05, 0.1) is 5.97 Å². The summed E-state index contributed by atoms with van der Waals surface area (Å²) < 4.78 is 0. The molecule has 83 valence electrons. The number of carboxylic acids is 3. The number of carbonyl (C=O) groups is 3. The summed E-state index contributed by atoms with van der Waals surface area (Å²) in [6, 6.07) is 0. The molecule has 7 nitrogen and oxygen atoms in total. The predicted molar refractivity (Wildman–Crippen MR) is 29.2 cm³/mol. The topological polar surface area (TPSA) is 141 Å². The van der Waals surface area contributed by atoms with Crippen LogP contribution in [0.4, 0.5) is 0 Å². The van der Waals surface area contributed by atoms with E-state index in [1.54, 1.807) is 0 Å². The Bertz CT molecular complexity index is 233. The van der Waals surface area contributed by atoms with Crippen molar-refractivity contribution in [1.29, 1.82) is 0 Å². The van der Waals surface area contributed by atoms with Crippen molar-refractivity contribution in [3.63, 3.8) is 0 Å². The standard InChI is InChI=1S/C6H8O7.Er/c7-3(8)1-6(13,5(11)12)2-4(9)10;/h13H,1-2H2,(H,7,8)(H,9,10)(H,11,12);/q;+3/p-3. The number of carbonyl (C=O) groups excluding carboxylic acids is 3. The van der Waals surface area contributed by atoms with Gasteiger partial charge in [-0.2, -0.15) is 0 Å². The molecule has 1 radical (unpaired) electrons. The number of hydrogen-bond acceptors (Lipinski definition) is 7. The van der Waals surface area contributed by atoms with Crippen molar-refractivity contribution in [3.05, 3.63) is 0 Å². The van der Waals surface area contributed by atoms with Crippen LogP contribution in [0, 0.1) is 37.3 Å². The van der Waals surface area contributed by atoms with Gasteiger partial charge in [-0.25, -0.2) is 0 Å². The number of aliphatic carboxylic acids is 3. The Balaban J connectivity index is 0. The number of carboxylic acid groups (broad SMARTS) is 3. The minimum absolute atomic E-state index is 0. The third-order valence-corrected chi connectivity index (χ3v) is 1.25. The van der Waals surface area contributed by atoms with Gasteiger partial charge in [0.2, 0.25) is 0 Å². The third kappa shape index (κ3) is 5.37. The van der Waals surface area contributed by atoms with Crippen LogP contribution in [0.5, 0.6) is 0 Å². The summed E-state index contributed by atoms with van der Waals surface area (Å²) in [5, 5.41) is 38.9. The molecular weight excluding hydrogens is 351 g/mol. The van der Waals surface area contributed by atoms with Crippen molar-refractivity contribution in [3.8, 4) is 0 Å². The van der Waals surface area contributed by atoms with Gasteiger partial charge in [-0.05, 0) is 0 Å². The normalized spacial score (nSPS) is 10.1. The second-order valence-electron chi connectivity index (χ2n) is 2.42. The maximum atomic E-state index is 10.1. The molecule has 0 aromatic rings.